The van der Waals surface area contributed by atoms with E-state index in [-0.39, 0.29) is 0 Å². The monoisotopic (exact) mass is 490 g/mol. The van der Waals surface area contributed by atoms with E-state index in [0.29, 0.717) is 5.02 Å². The summed E-state index contributed by atoms with van der Waals surface area (Å²) >= 11 is 6.14. The number of pyridine rings is 1. The molecule has 0 fully saturated rings. The van der Waals surface area contributed by atoms with Crippen molar-refractivity contribution < 1.29 is 0 Å². The lowest BCUT2D eigenvalue weighted by Gasteiger charge is -2.11. The number of nitrogens with zero attached hydrogens (tertiary/aromatic N) is 6. The lowest BCUT2D eigenvalue weighted by molar-refractivity contribution is 0.589. The Bertz CT molecular complexity index is 1680. The fraction of sp³-hybridized carbons (Fsp3) is 0.103. The maximum atomic E-state index is 6.14. The van der Waals surface area contributed by atoms with Gasteiger partial charge in [-0.1, -0.05) is 66.2 Å². The molecule has 6 aromatic rings. The van der Waals surface area contributed by atoms with Crippen LogP contribution in [0.25, 0.3) is 34.0 Å². The smallest absolute Gasteiger partial charge is 0.138 e. The summed E-state index contributed by atoms with van der Waals surface area (Å²) in [5.74, 6) is 0. The molecule has 6 nitrogen and oxygen atoms in total. The first-order valence-electron chi connectivity index (χ1n) is 11.8. The first-order valence-corrected chi connectivity index (χ1v) is 12.2. The Morgan fingerprint density at radius 3 is 2.69 bits per heavy atom. The van der Waals surface area contributed by atoms with Crippen LogP contribution in [0.3, 0.4) is 0 Å². The van der Waals surface area contributed by atoms with E-state index in [1.807, 2.05) is 30.3 Å². The van der Waals surface area contributed by atoms with Gasteiger partial charge in [-0.25, -0.2) is 9.67 Å². The lowest BCUT2D eigenvalue weighted by atomic mass is 10.1. The Morgan fingerprint density at radius 1 is 0.861 bits per heavy atom. The van der Waals surface area contributed by atoms with Gasteiger partial charge in [0, 0.05) is 29.7 Å². The highest BCUT2D eigenvalue weighted by Gasteiger charge is 2.08. The van der Waals surface area contributed by atoms with E-state index in [1.165, 1.54) is 22.0 Å². The SMILES string of the molecule is Clc1ccc2ccc(/C=C/c3cccc(Cn4ccc5cccc(CCn6cnnn6)c54)c3)nc2c1. The normalized spacial score (nSPS) is 11.7. The van der Waals surface area contributed by atoms with Crippen molar-refractivity contribution >= 4 is 45.6 Å². The van der Waals surface area contributed by atoms with E-state index in [2.05, 4.69) is 87.0 Å². The van der Waals surface area contributed by atoms with Gasteiger partial charge in [-0.15, -0.1) is 5.10 Å². The minimum Gasteiger partial charge on any atom is -0.343 e. The molecular formula is C29H23ClN6. The molecule has 0 radical (unpaired) electrons. The van der Waals surface area contributed by atoms with Gasteiger partial charge in [0.1, 0.15) is 6.33 Å². The van der Waals surface area contributed by atoms with Crippen LogP contribution in [0.15, 0.2) is 91.4 Å². The molecule has 0 amide bonds. The van der Waals surface area contributed by atoms with Crippen molar-refractivity contribution in [3.05, 3.63) is 119 Å². The minimum atomic E-state index is 0.694. The van der Waals surface area contributed by atoms with Crippen molar-refractivity contribution in [1.82, 2.24) is 29.8 Å². The second-order valence-electron chi connectivity index (χ2n) is 8.77. The Labute approximate surface area is 213 Å². The van der Waals surface area contributed by atoms with Gasteiger partial charge >= 0.3 is 0 Å². The van der Waals surface area contributed by atoms with E-state index < -0.39 is 0 Å². The number of halogens is 1. The van der Waals surface area contributed by atoms with Gasteiger partial charge in [0.15, 0.2) is 0 Å². The van der Waals surface area contributed by atoms with Crippen molar-refractivity contribution in [2.24, 2.45) is 0 Å². The molecule has 176 valence electrons. The van der Waals surface area contributed by atoms with Gasteiger partial charge < -0.3 is 4.57 Å². The lowest BCUT2D eigenvalue weighted by Crippen LogP contribution is -2.05. The molecule has 3 heterocycles. The van der Waals surface area contributed by atoms with Crippen molar-refractivity contribution in [2.75, 3.05) is 0 Å². The molecule has 3 aromatic heterocycles. The van der Waals surface area contributed by atoms with Crippen LogP contribution in [0, 0.1) is 0 Å². The van der Waals surface area contributed by atoms with E-state index in [1.54, 1.807) is 11.0 Å². The molecule has 6 rings (SSSR count). The number of tetrazole rings is 1. The molecule has 0 aliphatic carbocycles. The largest absolute Gasteiger partial charge is 0.343 e. The second-order valence-corrected chi connectivity index (χ2v) is 9.21. The first kappa shape index (κ1) is 22.2. The molecule has 0 saturated carbocycles. The molecule has 0 N–H and O–H groups in total. The molecule has 0 aliphatic heterocycles. The fourth-order valence-corrected chi connectivity index (χ4v) is 4.73. The second kappa shape index (κ2) is 9.76. The van der Waals surface area contributed by atoms with Crippen LogP contribution in [0.4, 0.5) is 0 Å². The Kier molecular flexibility index (Phi) is 6.01. The van der Waals surface area contributed by atoms with E-state index in [4.69, 9.17) is 16.6 Å². The number of benzene rings is 3. The highest BCUT2D eigenvalue weighted by Crippen LogP contribution is 2.23. The predicted molar refractivity (Wildman–Crippen MR) is 145 cm³/mol. The van der Waals surface area contributed by atoms with Crippen LogP contribution in [0.2, 0.25) is 5.02 Å². The van der Waals surface area contributed by atoms with Crippen LogP contribution < -0.4 is 0 Å². The molecular weight excluding hydrogens is 468 g/mol. The minimum absolute atomic E-state index is 0.694. The van der Waals surface area contributed by atoms with Crippen molar-refractivity contribution in [1.29, 1.82) is 0 Å². The molecule has 0 unspecified atom stereocenters. The molecule has 0 aliphatic rings. The molecule has 0 saturated heterocycles. The van der Waals surface area contributed by atoms with Crippen LogP contribution in [0.5, 0.6) is 0 Å². The molecule has 0 atom stereocenters. The van der Waals surface area contributed by atoms with Crippen LogP contribution in [0.1, 0.15) is 22.4 Å². The summed E-state index contributed by atoms with van der Waals surface area (Å²) in [5, 5.41) is 14.5. The first-order chi connectivity index (χ1) is 17.7. The maximum Gasteiger partial charge on any atom is 0.138 e. The third kappa shape index (κ3) is 4.76. The maximum absolute atomic E-state index is 6.14. The van der Waals surface area contributed by atoms with Crippen molar-refractivity contribution in [2.45, 2.75) is 19.5 Å². The fourth-order valence-electron chi connectivity index (χ4n) is 4.56. The zero-order valence-electron chi connectivity index (χ0n) is 19.5. The van der Waals surface area contributed by atoms with Gasteiger partial charge in [0.2, 0.25) is 0 Å². The topological polar surface area (TPSA) is 61.4 Å². The molecule has 0 bridgehead atoms. The molecule has 7 heteroatoms. The van der Waals surface area contributed by atoms with Gasteiger partial charge in [0.05, 0.1) is 16.7 Å². The molecule has 3 aromatic carbocycles. The Hall–Kier alpha value is -4.29. The summed E-state index contributed by atoms with van der Waals surface area (Å²) in [5.41, 5.74) is 6.71. The molecule has 0 spiro atoms. The number of fused-ring (bicyclic) bond motifs is 2. The Morgan fingerprint density at radius 2 is 1.78 bits per heavy atom. The summed E-state index contributed by atoms with van der Waals surface area (Å²) in [6.07, 6.45) is 8.83. The predicted octanol–water partition coefficient (Wildman–Crippen LogP) is 6.29. The molecule has 36 heavy (non-hydrogen) atoms. The van der Waals surface area contributed by atoms with Gasteiger partial charge in [-0.3, -0.25) is 0 Å². The summed E-state index contributed by atoms with van der Waals surface area (Å²) in [6, 6.07) is 27.1. The average molecular weight is 491 g/mol. The van der Waals surface area contributed by atoms with E-state index in [9.17, 15) is 0 Å². The third-order valence-corrected chi connectivity index (χ3v) is 6.54. The average Bonchev–Trinajstić information content (AvgIpc) is 3.57. The summed E-state index contributed by atoms with van der Waals surface area (Å²) in [7, 11) is 0. The summed E-state index contributed by atoms with van der Waals surface area (Å²) in [6.45, 7) is 1.53. The number of rotatable bonds is 7. The van der Waals surface area contributed by atoms with Crippen LogP contribution in [-0.4, -0.2) is 29.8 Å². The van der Waals surface area contributed by atoms with Crippen molar-refractivity contribution in [3.8, 4) is 0 Å². The standard InChI is InChI=1S/C29H23ClN6/c30-26-10-8-23-9-12-27(32-28(23)18-26)11-7-21-3-1-4-22(17-21)19-35-15-13-24-5-2-6-25(29(24)35)14-16-36-20-31-33-34-36/h1-13,15,17-18,20H,14,16,19H2/b11-7+. The highest BCUT2D eigenvalue weighted by atomic mass is 35.5. The van der Waals surface area contributed by atoms with Gasteiger partial charge in [0.25, 0.3) is 0 Å². The van der Waals surface area contributed by atoms with Gasteiger partial charge in [-0.2, -0.15) is 0 Å². The summed E-state index contributed by atoms with van der Waals surface area (Å²) < 4.78 is 4.09. The number of para-hydroxylation sites is 1. The number of aromatic nitrogens is 6. The number of hydrogen-bond donors (Lipinski definition) is 0. The van der Waals surface area contributed by atoms with Gasteiger partial charge in [-0.05, 0) is 75.3 Å². The number of hydrogen-bond acceptors (Lipinski definition) is 4. The number of aryl methyl sites for hydroxylation is 2. The quantitative estimate of drug-likeness (QED) is 0.264. The van der Waals surface area contributed by atoms with Crippen LogP contribution >= 0.6 is 11.6 Å². The Balaban J connectivity index is 1.23. The van der Waals surface area contributed by atoms with Crippen molar-refractivity contribution in [3.63, 3.8) is 0 Å². The van der Waals surface area contributed by atoms with E-state index >= 15 is 0 Å². The van der Waals surface area contributed by atoms with E-state index in [0.717, 1.165) is 41.7 Å². The zero-order valence-corrected chi connectivity index (χ0v) is 20.3. The third-order valence-electron chi connectivity index (χ3n) is 6.30. The summed E-state index contributed by atoms with van der Waals surface area (Å²) in [4.78, 5) is 4.72. The highest BCUT2D eigenvalue weighted by molar-refractivity contribution is 6.31. The zero-order chi connectivity index (χ0) is 24.3. The van der Waals surface area contributed by atoms with Crippen LogP contribution in [-0.2, 0) is 19.5 Å².